The highest BCUT2D eigenvalue weighted by Gasteiger charge is 2.57. The molecule has 2 aromatic carbocycles. The van der Waals surface area contributed by atoms with Crippen LogP contribution >= 0.6 is 0 Å². The maximum Gasteiger partial charge on any atom is 0.408 e. The van der Waals surface area contributed by atoms with Crippen molar-refractivity contribution in [3.63, 3.8) is 0 Å². The van der Waals surface area contributed by atoms with Crippen molar-refractivity contribution in [1.82, 2.24) is 10.2 Å². The van der Waals surface area contributed by atoms with Crippen LogP contribution in [0.4, 0.5) is 4.79 Å². The molecule has 0 aromatic heterocycles. The Balaban J connectivity index is 1.18. The number of carboxylic acid groups (broad SMARTS) is 1. The predicted octanol–water partition coefficient (Wildman–Crippen LogP) is 3.15. The van der Waals surface area contributed by atoms with Crippen molar-refractivity contribution in [2.24, 2.45) is 5.92 Å². The molecule has 8 nitrogen and oxygen atoms in total. The van der Waals surface area contributed by atoms with Crippen LogP contribution in [0.1, 0.15) is 42.7 Å². The van der Waals surface area contributed by atoms with Crippen LogP contribution < -0.4 is 5.32 Å². The number of hydrogen-bond donors (Lipinski definition) is 2. The average Bonchev–Trinajstić information content (AvgIpc) is 3.64. The molecule has 2 amide bonds. The number of rotatable bonds is 5. The third-order valence-electron chi connectivity index (χ3n) is 8.20. The molecule has 35 heavy (non-hydrogen) atoms. The van der Waals surface area contributed by atoms with Crippen molar-refractivity contribution in [3.05, 3.63) is 59.7 Å². The first kappa shape index (κ1) is 22.1. The fraction of sp³-hybridized carbons (Fsp3) is 0.444. The van der Waals surface area contributed by atoms with Crippen LogP contribution in [0.5, 0.6) is 0 Å². The fourth-order valence-electron chi connectivity index (χ4n) is 6.53. The summed E-state index contributed by atoms with van der Waals surface area (Å²) in [5, 5.41) is 12.4. The highest BCUT2D eigenvalue weighted by atomic mass is 16.6. The maximum absolute atomic E-state index is 13.7. The van der Waals surface area contributed by atoms with E-state index in [0.29, 0.717) is 25.9 Å². The smallest absolute Gasteiger partial charge is 0.408 e. The lowest BCUT2D eigenvalue weighted by atomic mass is 9.89. The standard InChI is InChI=1S/C27H28N2O6/c30-24(31)21-13-16-9-10-23(21)29(16)25(32)27(11-12-34-15-27)28-26(33)35-14-22-19-7-3-1-5-17(19)18-6-2-4-8-20(18)22/h1-8,16,21-23H,9-15H2,(H,28,33)(H,30,31)/t16-,21+,23+,27?/m0/s1. The SMILES string of the molecule is O=C(NC1(C(=O)N2[C@H]3CC[C@@H]2[C@H](C(=O)O)C3)CCOC1)OCC1c2ccccc2-c2ccccc21. The van der Waals surface area contributed by atoms with Gasteiger partial charge in [0.2, 0.25) is 0 Å². The van der Waals surface area contributed by atoms with Gasteiger partial charge in [-0.15, -0.1) is 0 Å². The zero-order valence-corrected chi connectivity index (χ0v) is 19.3. The third-order valence-corrected chi connectivity index (χ3v) is 8.20. The molecule has 3 heterocycles. The molecule has 2 N–H and O–H groups in total. The second kappa shape index (κ2) is 8.37. The van der Waals surface area contributed by atoms with Gasteiger partial charge in [-0.1, -0.05) is 48.5 Å². The first-order chi connectivity index (χ1) is 17.0. The molecule has 182 valence electrons. The Morgan fingerprint density at radius 3 is 2.34 bits per heavy atom. The minimum Gasteiger partial charge on any atom is -0.481 e. The second-order valence-corrected chi connectivity index (χ2v) is 10.0. The summed E-state index contributed by atoms with van der Waals surface area (Å²) >= 11 is 0. The van der Waals surface area contributed by atoms with Crippen LogP contribution in [-0.2, 0) is 19.1 Å². The Hall–Kier alpha value is -3.39. The summed E-state index contributed by atoms with van der Waals surface area (Å²) < 4.78 is 11.2. The number of carbonyl (C=O) groups is 3. The minimum absolute atomic E-state index is 0.0592. The Kier molecular flexibility index (Phi) is 5.29. The number of nitrogens with zero attached hydrogens (tertiary/aromatic N) is 1. The van der Waals surface area contributed by atoms with E-state index in [1.807, 2.05) is 24.3 Å². The third kappa shape index (κ3) is 3.50. The van der Waals surface area contributed by atoms with E-state index in [0.717, 1.165) is 28.7 Å². The van der Waals surface area contributed by atoms with Crippen molar-refractivity contribution in [2.75, 3.05) is 19.8 Å². The number of fused-ring (bicyclic) bond motifs is 5. The number of carbonyl (C=O) groups excluding carboxylic acids is 2. The van der Waals surface area contributed by atoms with Crippen LogP contribution in [-0.4, -0.2) is 65.4 Å². The van der Waals surface area contributed by atoms with E-state index in [9.17, 15) is 19.5 Å². The molecule has 2 aromatic rings. The summed E-state index contributed by atoms with van der Waals surface area (Å²) in [7, 11) is 0. The molecule has 0 saturated carbocycles. The van der Waals surface area contributed by atoms with E-state index in [1.165, 1.54) is 0 Å². The molecule has 4 aliphatic rings. The summed E-state index contributed by atoms with van der Waals surface area (Å²) in [6, 6.07) is 15.8. The van der Waals surface area contributed by atoms with Gasteiger partial charge in [0.15, 0.2) is 0 Å². The number of carboxylic acids is 1. The summed E-state index contributed by atoms with van der Waals surface area (Å²) in [4.78, 5) is 40.1. The predicted molar refractivity (Wildman–Crippen MR) is 126 cm³/mol. The van der Waals surface area contributed by atoms with Crippen molar-refractivity contribution in [2.45, 2.75) is 49.2 Å². The lowest BCUT2D eigenvalue weighted by molar-refractivity contribution is -0.144. The Morgan fingerprint density at radius 2 is 1.74 bits per heavy atom. The lowest BCUT2D eigenvalue weighted by Crippen LogP contribution is -2.61. The van der Waals surface area contributed by atoms with Crippen LogP contribution in [0, 0.1) is 5.92 Å². The summed E-state index contributed by atoms with van der Waals surface area (Å²) in [6.07, 6.45) is 1.61. The highest BCUT2D eigenvalue weighted by molar-refractivity contribution is 5.92. The monoisotopic (exact) mass is 476 g/mol. The van der Waals surface area contributed by atoms with Gasteiger partial charge >= 0.3 is 12.1 Å². The van der Waals surface area contributed by atoms with Crippen molar-refractivity contribution in [3.8, 4) is 11.1 Å². The maximum atomic E-state index is 13.7. The van der Waals surface area contributed by atoms with E-state index >= 15 is 0 Å². The zero-order chi connectivity index (χ0) is 24.2. The molecule has 2 bridgehead atoms. The van der Waals surface area contributed by atoms with Gasteiger partial charge in [-0.25, -0.2) is 4.79 Å². The van der Waals surface area contributed by atoms with Gasteiger partial charge in [0.05, 0.1) is 12.5 Å². The van der Waals surface area contributed by atoms with Gasteiger partial charge in [-0.05, 0) is 41.5 Å². The number of hydrogen-bond acceptors (Lipinski definition) is 5. The van der Waals surface area contributed by atoms with E-state index in [1.54, 1.807) is 4.90 Å². The molecule has 6 rings (SSSR count). The Labute approximate surface area is 203 Å². The minimum atomic E-state index is -1.23. The number of ether oxygens (including phenoxy) is 2. The molecule has 0 spiro atoms. The van der Waals surface area contributed by atoms with Crippen molar-refractivity contribution < 1.29 is 29.0 Å². The van der Waals surface area contributed by atoms with E-state index < -0.39 is 23.5 Å². The normalized spacial score (nSPS) is 28.6. The molecule has 0 radical (unpaired) electrons. The topological polar surface area (TPSA) is 105 Å². The zero-order valence-electron chi connectivity index (χ0n) is 19.3. The van der Waals surface area contributed by atoms with Crippen LogP contribution in [0.3, 0.4) is 0 Å². The average molecular weight is 477 g/mol. The molecule has 3 saturated heterocycles. The molecule has 1 unspecified atom stereocenters. The van der Waals surface area contributed by atoms with Crippen molar-refractivity contribution in [1.29, 1.82) is 0 Å². The lowest BCUT2D eigenvalue weighted by Gasteiger charge is -2.34. The van der Waals surface area contributed by atoms with Gasteiger partial charge in [0.1, 0.15) is 12.1 Å². The first-order valence-corrected chi connectivity index (χ1v) is 12.2. The van der Waals surface area contributed by atoms with Crippen LogP contribution in [0.25, 0.3) is 11.1 Å². The first-order valence-electron chi connectivity index (χ1n) is 12.2. The molecule has 4 atom stereocenters. The summed E-state index contributed by atoms with van der Waals surface area (Å²) in [5.74, 6) is -1.74. The molecular formula is C27H28N2O6. The number of benzene rings is 2. The molecule has 1 aliphatic carbocycles. The summed E-state index contributed by atoms with van der Waals surface area (Å²) in [5.41, 5.74) is 3.29. The molecule has 3 aliphatic heterocycles. The Morgan fingerprint density at radius 1 is 1.06 bits per heavy atom. The van der Waals surface area contributed by atoms with Gasteiger partial charge in [0.25, 0.3) is 5.91 Å². The van der Waals surface area contributed by atoms with Gasteiger partial charge in [-0.2, -0.15) is 0 Å². The van der Waals surface area contributed by atoms with Crippen LogP contribution in [0.2, 0.25) is 0 Å². The van der Waals surface area contributed by atoms with Gasteiger partial charge in [0, 0.05) is 31.0 Å². The van der Waals surface area contributed by atoms with Gasteiger partial charge in [-0.3, -0.25) is 9.59 Å². The molecular weight excluding hydrogens is 448 g/mol. The second-order valence-electron chi connectivity index (χ2n) is 10.0. The van der Waals surface area contributed by atoms with Crippen molar-refractivity contribution >= 4 is 18.0 Å². The number of amides is 2. The fourth-order valence-corrected chi connectivity index (χ4v) is 6.53. The van der Waals surface area contributed by atoms with Crippen LogP contribution in [0.15, 0.2) is 48.5 Å². The largest absolute Gasteiger partial charge is 0.481 e. The Bertz CT molecular complexity index is 1140. The van der Waals surface area contributed by atoms with E-state index in [2.05, 4.69) is 29.6 Å². The molecule has 3 fully saturated rings. The highest BCUT2D eigenvalue weighted by Crippen LogP contribution is 2.45. The van der Waals surface area contributed by atoms with Gasteiger partial charge < -0.3 is 24.8 Å². The molecule has 8 heteroatoms. The van der Waals surface area contributed by atoms with E-state index in [4.69, 9.17) is 9.47 Å². The number of alkyl carbamates (subject to hydrolysis) is 1. The quantitative estimate of drug-likeness (QED) is 0.687. The summed E-state index contributed by atoms with van der Waals surface area (Å²) in [6.45, 7) is 0.561. The van der Waals surface area contributed by atoms with E-state index in [-0.39, 0.29) is 37.1 Å². The number of nitrogens with one attached hydrogen (secondary N) is 1. The number of aliphatic carboxylic acids is 1.